The normalized spacial score (nSPS) is 18.4. The molecule has 8 nitrogen and oxygen atoms in total. The van der Waals surface area contributed by atoms with Crippen molar-refractivity contribution >= 4 is 22.7 Å². The molecule has 3 atom stereocenters. The van der Waals surface area contributed by atoms with Gasteiger partial charge in [0.25, 0.3) is 0 Å². The van der Waals surface area contributed by atoms with E-state index in [2.05, 4.69) is 33.1 Å². The summed E-state index contributed by atoms with van der Waals surface area (Å²) < 4.78 is 6.00. The highest BCUT2D eigenvalue weighted by atomic mass is 16.5. The Morgan fingerprint density at radius 3 is 2.71 bits per heavy atom. The first-order valence-corrected chi connectivity index (χ1v) is 11.7. The molecule has 1 aliphatic rings. The lowest BCUT2D eigenvalue weighted by Gasteiger charge is -2.21. The molecule has 4 rings (SSSR count). The topological polar surface area (TPSA) is 118 Å². The Hall–Kier alpha value is -3.49. The fourth-order valence-corrected chi connectivity index (χ4v) is 4.13. The number of para-hydroxylation sites is 1. The standard InChI is InChI=1S/C26H31N5O3/c27-15-24(32)29-21-14-23(28-16-21)26(33)30-20(12-10-18-6-2-1-3-7-18)17-34-25-13-11-19-8-4-5-9-22(19)31-25/h1-9,11,13,20-21,23,28H,10,12,14-17,27H2,(H,29,32)(H,30,33)/t20-,21-,23+/m1/s1. The molecule has 2 heterocycles. The number of fused-ring (bicyclic) bond motifs is 1. The predicted octanol–water partition coefficient (Wildman–Crippen LogP) is 1.54. The van der Waals surface area contributed by atoms with E-state index in [0.29, 0.717) is 25.5 Å². The third-order valence-corrected chi connectivity index (χ3v) is 5.97. The van der Waals surface area contributed by atoms with Gasteiger partial charge in [-0.3, -0.25) is 9.59 Å². The zero-order chi connectivity index (χ0) is 23.8. The van der Waals surface area contributed by atoms with Gasteiger partial charge in [0.05, 0.1) is 24.1 Å². The number of carbonyl (C=O) groups is 2. The Kier molecular flexibility index (Phi) is 8.06. The summed E-state index contributed by atoms with van der Waals surface area (Å²) in [7, 11) is 0. The van der Waals surface area contributed by atoms with Gasteiger partial charge < -0.3 is 26.4 Å². The molecule has 5 N–H and O–H groups in total. The number of hydrogen-bond donors (Lipinski definition) is 4. The van der Waals surface area contributed by atoms with Gasteiger partial charge in [-0.2, -0.15) is 0 Å². The van der Waals surface area contributed by atoms with E-state index in [-0.39, 0.29) is 36.5 Å². The highest BCUT2D eigenvalue weighted by Crippen LogP contribution is 2.17. The summed E-state index contributed by atoms with van der Waals surface area (Å²) in [6.07, 6.45) is 2.06. The van der Waals surface area contributed by atoms with Crippen LogP contribution in [-0.2, 0) is 16.0 Å². The van der Waals surface area contributed by atoms with Gasteiger partial charge in [-0.15, -0.1) is 0 Å². The lowest BCUT2D eigenvalue weighted by Crippen LogP contribution is -2.47. The number of nitrogens with zero attached hydrogens (tertiary/aromatic N) is 1. The van der Waals surface area contributed by atoms with Crippen LogP contribution < -0.4 is 26.4 Å². The van der Waals surface area contributed by atoms with Crippen molar-refractivity contribution in [1.82, 2.24) is 20.9 Å². The zero-order valence-corrected chi connectivity index (χ0v) is 19.1. The first kappa shape index (κ1) is 23.7. The van der Waals surface area contributed by atoms with Crippen LogP contribution in [0.3, 0.4) is 0 Å². The number of benzene rings is 2. The third kappa shape index (κ3) is 6.52. The maximum atomic E-state index is 13.0. The van der Waals surface area contributed by atoms with Crippen molar-refractivity contribution < 1.29 is 14.3 Å². The Bertz CT molecular complexity index is 1110. The summed E-state index contributed by atoms with van der Waals surface area (Å²) in [5, 5.41) is 10.2. The molecule has 0 bridgehead atoms. The Labute approximate surface area is 199 Å². The molecule has 8 heteroatoms. The molecule has 0 radical (unpaired) electrons. The van der Waals surface area contributed by atoms with E-state index in [1.165, 1.54) is 5.56 Å². The smallest absolute Gasteiger partial charge is 0.237 e. The highest BCUT2D eigenvalue weighted by molar-refractivity contribution is 5.83. The maximum Gasteiger partial charge on any atom is 0.237 e. The van der Waals surface area contributed by atoms with Crippen LogP contribution in [0, 0.1) is 0 Å². The zero-order valence-electron chi connectivity index (χ0n) is 19.1. The van der Waals surface area contributed by atoms with Crippen molar-refractivity contribution in [3.63, 3.8) is 0 Å². The van der Waals surface area contributed by atoms with E-state index in [4.69, 9.17) is 10.5 Å². The van der Waals surface area contributed by atoms with E-state index in [1.807, 2.05) is 54.6 Å². The number of aryl methyl sites for hydroxylation is 1. The molecule has 1 fully saturated rings. The first-order chi connectivity index (χ1) is 16.6. The first-order valence-electron chi connectivity index (χ1n) is 11.7. The second-order valence-corrected chi connectivity index (χ2v) is 8.55. The van der Waals surface area contributed by atoms with Crippen LogP contribution in [0.1, 0.15) is 18.4 Å². The van der Waals surface area contributed by atoms with Crippen LogP contribution in [0.25, 0.3) is 10.9 Å². The number of nitrogens with two attached hydrogens (primary N) is 1. The summed E-state index contributed by atoms with van der Waals surface area (Å²) in [4.78, 5) is 29.1. The second kappa shape index (κ2) is 11.6. The molecule has 0 saturated carbocycles. The van der Waals surface area contributed by atoms with Crippen molar-refractivity contribution in [2.75, 3.05) is 19.7 Å². The second-order valence-electron chi connectivity index (χ2n) is 8.55. The number of amides is 2. The Morgan fingerprint density at radius 1 is 1.09 bits per heavy atom. The molecule has 1 saturated heterocycles. The van der Waals surface area contributed by atoms with Crippen LogP contribution >= 0.6 is 0 Å². The van der Waals surface area contributed by atoms with E-state index in [9.17, 15) is 9.59 Å². The van der Waals surface area contributed by atoms with Gasteiger partial charge in [0, 0.05) is 24.0 Å². The van der Waals surface area contributed by atoms with Crippen molar-refractivity contribution in [2.24, 2.45) is 5.73 Å². The van der Waals surface area contributed by atoms with Crippen molar-refractivity contribution in [3.05, 3.63) is 72.3 Å². The van der Waals surface area contributed by atoms with E-state index in [1.54, 1.807) is 0 Å². The average Bonchev–Trinajstić information content (AvgIpc) is 3.34. The molecule has 0 unspecified atom stereocenters. The summed E-state index contributed by atoms with van der Waals surface area (Å²) in [5.41, 5.74) is 7.44. The summed E-state index contributed by atoms with van der Waals surface area (Å²) in [5.74, 6) is 0.212. The molecule has 3 aromatic rings. The van der Waals surface area contributed by atoms with Crippen LogP contribution in [0.15, 0.2) is 66.7 Å². The highest BCUT2D eigenvalue weighted by Gasteiger charge is 2.31. The number of nitrogens with one attached hydrogen (secondary N) is 3. The Morgan fingerprint density at radius 2 is 1.88 bits per heavy atom. The minimum Gasteiger partial charge on any atom is -0.475 e. The lowest BCUT2D eigenvalue weighted by molar-refractivity contribution is -0.124. The van der Waals surface area contributed by atoms with Gasteiger partial charge in [-0.05, 0) is 37.0 Å². The molecular weight excluding hydrogens is 430 g/mol. The third-order valence-electron chi connectivity index (χ3n) is 5.97. The molecular formula is C26H31N5O3. The number of aromatic nitrogens is 1. The van der Waals surface area contributed by atoms with Crippen molar-refractivity contribution in [1.29, 1.82) is 0 Å². The molecule has 2 amide bonds. The molecule has 0 spiro atoms. The van der Waals surface area contributed by atoms with Gasteiger partial charge in [0.2, 0.25) is 17.7 Å². The molecule has 34 heavy (non-hydrogen) atoms. The van der Waals surface area contributed by atoms with Crippen LogP contribution in [0.5, 0.6) is 5.88 Å². The molecule has 0 aliphatic carbocycles. The van der Waals surface area contributed by atoms with Gasteiger partial charge in [0.15, 0.2) is 0 Å². The fourth-order valence-electron chi connectivity index (χ4n) is 4.13. The van der Waals surface area contributed by atoms with E-state index in [0.717, 1.165) is 23.7 Å². The number of pyridine rings is 1. The lowest BCUT2D eigenvalue weighted by atomic mass is 10.0. The largest absolute Gasteiger partial charge is 0.475 e. The molecule has 1 aliphatic heterocycles. The average molecular weight is 462 g/mol. The molecule has 1 aromatic heterocycles. The number of rotatable bonds is 10. The van der Waals surface area contributed by atoms with E-state index >= 15 is 0 Å². The van der Waals surface area contributed by atoms with Crippen molar-refractivity contribution in [2.45, 2.75) is 37.4 Å². The molecule has 178 valence electrons. The fraction of sp³-hybridized carbons (Fsp3) is 0.346. The number of carbonyl (C=O) groups excluding carboxylic acids is 2. The van der Waals surface area contributed by atoms with Gasteiger partial charge in [0.1, 0.15) is 6.61 Å². The summed E-state index contributed by atoms with van der Waals surface area (Å²) >= 11 is 0. The molecule has 2 aromatic carbocycles. The van der Waals surface area contributed by atoms with Crippen LogP contribution in [-0.4, -0.2) is 54.6 Å². The van der Waals surface area contributed by atoms with Crippen LogP contribution in [0.4, 0.5) is 0 Å². The minimum atomic E-state index is -0.374. The summed E-state index contributed by atoms with van der Waals surface area (Å²) in [6.45, 7) is 0.787. The predicted molar refractivity (Wildman–Crippen MR) is 131 cm³/mol. The van der Waals surface area contributed by atoms with Gasteiger partial charge in [-0.1, -0.05) is 48.5 Å². The van der Waals surface area contributed by atoms with Gasteiger partial charge in [-0.25, -0.2) is 4.98 Å². The minimum absolute atomic E-state index is 0.0604. The van der Waals surface area contributed by atoms with E-state index < -0.39 is 0 Å². The Balaban J connectivity index is 1.37. The quantitative estimate of drug-likeness (QED) is 0.364. The SMILES string of the molecule is NCC(=O)N[C@H]1CN[C@H](C(=O)N[C@H](CCc2ccccc2)COc2ccc3ccccc3n2)C1. The number of hydrogen-bond acceptors (Lipinski definition) is 6. The monoisotopic (exact) mass is 461 g/mol. The van der Waals surface area contributed by atoms with Crippen molar-refractivity contribution in [3.8, 4) is 5.88 Å². The van der Waals surface area contributed by atoms with Gasteiger partial charge >= 0.3 is 0 Å². The number of ether oxygens (including phenoxy) is 1. The maximum absolute atomic E-state index is 13.0. The summed E-state index contributed by atoms with van der Waals surface area (Å²) in [6, 6.07) is 21.2. The van der Waals surface area contributed by atoms with Crippen LogP contribution in [0.2, 0.25) is 0 Å².